The smallest absolute Gasteiger partial charge is 0.319 e. The maximum absolute atomic E-state index is 11.0. The number of hydrogen-bond donors (Lipinski definition) is 0. The van der Waals surface area contributed by atoms with Crippen LogP contribution in [-0.2, 0) is 9.53 Å². The number of piperazine rings is 1. The fourth-order valence-electron chi connectivity index (χ4n) is 1.75. The van der Waals surface area contributed by atoms with Gasteiger partial charge in [-0.25, -0.2) is 0 Å². The molecular formula is C11H23N3O2. The Morgan fingerprint density at radius 2 is 1.94 bits per heavy atom. The van der Waals surface area contributed by atoms with Crippen molar-refractivity contribution in [3.05, 3.63) is 0 Å². The van der Waals surface area contributed by atoms with Gasteiger partial charge < -0.3 is 9.64 Å². The quantitative estimate of drug-likeness (QED) is 0.585. The average molecular weight is 229 g/mol. The van der Waals surface area contributed by atoms with Crippen molar-refractivity contribution in [3.8, 4) is 0 Å². The maximum Gasteiger partial charge on any atom is 0.319 e. The van der Waals surface area contributed by atoms with Crippen LogP contribution in [0.4, 0.5) is 0 Å². The Balaban J connectivity index is 2.12. The molecule has 0 amide bonds. The molecule has 5 heteroatoms. The lowest BCUT2D eigenvalue weighted by Crippen LogP contribution is -2.47. The van der Waals surface area contributed by atoms with E-state index in [2.05, 4.69) is 21.6 Å². The largest absolute Gasteiger partial charge is 0.468 e. The van der Waals surface area contributed by atoms with Gasteiger partial charge in [-0.1, -0.05) is 0 Å². The number of esters is 1. The zero-order chi connectivity index (χ0) is 12.0. The van der Waals surface area contributed by atoms with Crippen molar-refractivity contribution in [3.63, 3.8) is 0 Å². The third-order valence-electron chi connectivity index (χ3n) is 3.02. The summed E-state index contributed by atoms with van der Waals surface area (Å²) < 4.78 is 4.63. The van der Waals surface area contributed by atoms with Crippen molar-refractivity contribution >= 4 is 5.97 Å². The molecule has 0 aromatic carbocycles. The first-order chi connectivity index (χ1) is 7.61. The van der Waals surface area contributed by atoms with E-state index in [1.54, 1.807) is 0 Å². The number of carbonyl (C=O) groups is 1. The van der Waals surface area contributed by atoms with Gasteiger partial charge in [-0.3, -0.25) is 14.6 Å². The van der Waals surface area contributed by atoms with Gasteiger partial charge in [-0.2, -0.15) is 0 Å². The second-order valence-electron chi connectivity index (χ2n) is 4.46. The van der Waals surface area contributed by atoms with Gasteiger partial charge in [0.05, 0.1) is 13.7 Å². The lowest BCUT2D eigenvalue weighted by atomic mass is 10.3. The first-order valence-electron chi connectivity index (χ1n) is 5.78. The van der Waals surface area contributed by atoms with Crippen molar-refractivity contribution in [2.75, 3.05) is 67.0 Å². The first kappa shape index (κ1) is 13.4. The van der Waals surface area contributed by atoms with Crippen LogP contribution in [0.5, 0.6) is 0 Å². The Kier molecular flexibility index (Phi) is 5.73. The summed E-state index contributed by atoms with van der Waals surface area (Å²) in [5.41, 5.74) is 0. The number of carbonyl (C=O) groups excluding carboxylic acids is 1. The normalized spacial score (nSPS) is 19.0. The van der Waals surface area contributed by atoms with E-state index in [9.17, 15) is 4.79 Å². The minimum absolute atomic E-state index is 0.166. The van der Waals surface area contributed by atoms with Gasteiger partial charge in [0, 0.05) is 39.3 Å². The standard InChI is InChI=1S/C11H23N3O2/c1-12-4-7-14(8-5-12)9-6-13(2)10-11(15)16-3/h4-10H2,1-3H3. The molecule has 1 aliphatic rings. The van der Waals surface area contributed by atoms with Gasteiger partial charge in [0.15, 0.2) is 0 Å². The molecule has 5 nitrogen and oxygen atoms in total. The van der Waals surface area contributed by atoms with E-state index < -0.39 is 0 Å². The second kappa shape index (κ2) is 6.83. The molecule has 1 saturated heterocycles. The van der Waals surface area contributed by atoms with Crippen LogP contribution in [0, 0.1) is 0 Å². The summed E-state index contributed by atoms with van der Waals surface area (Å²) in [6, 6.07) is 0. The van der Waals surface area contributed by atoms with Crippen LogP contribution >= 0.6 is 0 Å². The van der Waals surface area contributed by atoms with E-state index in [4.69, 9.17) is 0 Å². The van der Waals surface area contributed by atoms with Gasteiger partial charge in [0.25, 0.3) is 0 Å². The number of methoxy groups -OCH3 is 1. The monoisotopic (exact) mass is 229 g/mol. The highest BCUT2D eigenvalue weighted by Gasteiger charge is 2.14. The SMILES string of the molecule is COC(=O)CN(C)CCN1CCN(C)CC1. The predicted octanol–water partition coefficient (Wildman–Crippen LogP) is -0.661. The summed E-state index contributed by atoms with van der Waals surface area (Å²) in [6.45, 7) is 6.86. The molecule has 1 heterocycles. The molecule has 1 rings (SSSR count). The summed E-state index contributed by atoms with van der Waals surface area (Å²) in [5.74, 6) is -0.166. The first-order valence-corrected chi connectivity index (χ1v) is 5.78. The number of nitrogens with zero attached hydrogens (tertiary/aromatic N) is 3. The molecule has 16 heavy (non-hydrogen) atoms. The third kappa shape index (κ3) is 4.92. The van der Waals surface area contributed by atoms with Crippen molar-refractivity contribution in [2.45, 2.75) is 0 Å². The van der Waals surface area contributed by atoms with E-state index in [0.717, 1.165) is 39.3 Å². The van der Waals surface area contributed by atoms with Crippen molar-refractivity contribution in [2.24, 2.45) is 0 Å². The van der Waals surface area contributed by atoms with Gasteiger partial charge in [-0.15, -0.1) is 0 Å². The van der Waals surface area contributed by atoms with Crippen LogP contribution < -0.4 is 0 Å². The highest BCUT2D eigenvalue weighted by Crippen LogP contribution is 1.98. The molecule has 94 valence electrons. The molecular weight excluding hydrogens is 206 g/mol. The lowest BCUT2D eigenvalue weighted by Gasteiger charge is -2.33. The van der Waals surface area contributed by atoms with E-state index in [1.807, 2.05) is 11.9 Å². The number of rotatable bonds is 5. The van der Waals surface area contributed by atoms with Crippen LogP contribution in [0.3, 0.4) is 0 Å². The molecule has 0 saturated carbocycles. The summed E-state index contributed by atoms with van der Waals surface area (Å²) in [6.07, 6.45) is 0. The molecule has 0 aromatic rings. The van der Waals surface area contributed by atoms with E-state index in [0.29, 0.717) is 6.54 Å². The highest BCUT2D eigenvalue weighted by atomic mass is 16.5. The summed E-state index contributed by atoms with van der Waals surface area (Å²) in [4.78, 5) is 17.8. The Labute approximate surface area is 97.9 Å². The minimum atomic E-state index is -0.166. The Hall–Kier alpha value is -0.650. The highest BCUT2D eigenvalue weighted by molar-refractivity contribution is 5.71. The molecule has 0 radical (unpaired) electrons. The second-order valence-corrected chi connectivity index (χ2v) is 4.46. The Morgan fingerprint density at radius 1 is 1.31 bits per heavy atom. The molecule has 1 aliphatic heterocycles. The molecule has 0 unspecified atom stereocenters. The molecule has 0 N–H and O–H groups in total. The molecule has 0 bridgehead atoms. The lowest BCUT2D eigenvalue weighted by molar-refractivity contribution is -0.141. The van der Waals surface area contributed by atoms with Crippen LogP contribution in [0.25, 0.3) is 0 Å². The number of hydrogen-bond acceptors (Lipinski definition) is 5. The minimum Gasteiger partial charge on any atom is -0.468 e. The van der Waals surface area contributed by atoms with Crippen molar-refractivity contribution < 1.29 is 9.53 Å². The Morgan fingerprint density at radius 3 is 2.50 bits per heavy atom. The van der Waals surface area contributed by atoms with Gasteiger partial charge in [0.2, 0.25) is 0 Å². The van der Waals surface area contributed by atoms with Crippen LogP contribution in [0.2, 0.25) is 0 Å². The van der Waals surface area contributed by atoms with Crippen molar-refractivity contribution in [1.29, 1.82) is 0 Å². The van der Waals surface area contributed by atoms with Crippen LogP contribution in [0.15, 0.2) is 0 Å². The summed E-state index contributed by atoms with van der Waals surface area (Å²) in [7, 11) is 5.53. The molecule has 0 aliphatic carbocycles. The fraction of sp³-hybridized carbons (Fsp3) is 0.909. The van der Waals surface area contributed by atoms with E-state index >= 15 is 0 Å². The fourth-order valence-corrected chi connectivity index (χ4v) is 1.75. The van der Waals surface area contributed by atoms with E-state index in [1.165, 1.54) is 7.11 Å². The third-order valence-corrected chi connectivity index (χ3v) is 3.02. The topological polar surface area (TPSA) is 36.0 Å². The van der Waals surface area contributed by atoms with E-state index in [-0.39, 0.29) is 5.97 Å². The predicted molar refractivity (Wildman–Crippen MR) is 63.5 cm³/mol. The average Bonchev–Trinajstić information content (AvgIpc) is 2.28. The van der Waals surface area contributed by atoms with Crippen molar-refractivity contribution in [1.82, 2.24) is 14.7 Å². The summed E-state index contributed by atoms with van der Waals surface area (Å²) >= 11 is 0. The van der Waals surface area contributed by atoms with Gasteiger partial charge in [-0.05, 0) is 14.1 Å². The molecule has 0 spiro atoms. The maximum atomic E-state index is 11.0. The molecule has 0 aromatic heterocycles. The Bertz CT molecular complexity index is 215. The number of likely N-dealkylation sites (N-methyl/N-ethyl adjacent to an activating group) is 2. The zero-order valence-corrected chi connectivity index (χ0v) is 10.6. The van der Waals surface area contributed by atoms with Crippen LogP contribution in [-0.4, -0.2) is 87.7 Å². The van der Waals surface area contributed by atoms with Gasteiger partial charge in [0.1, 0.15) is 0 Å². The molecule has 0 atom stereocenters. The zero-order valence-electron chi connectivity index (χ0n) is 10.6. The van der Waals surface area contributed by atoms with Gasteiger partial charge >= 0.3 is 5.97 Å². The molecule has 1 fully saturated rings. The summed E-state index contributed by atoms with van der Waals surface area (Å²) in [5, 5.41) is 0. The number of ether oxygens (including phenoxy) is 1. The van der Waals surface area contributed by atoms with Crippen LogP contribution in [0.1, 0.15) is 0 Å².